The molecular weight excluding hydrogens is 317 g/mol. The molecule has 0 aromatic heterocycles. The van der Waals surface area contributed by atoms with E-state index in [9.17, 15) is 39.3 Å². The quantitative estimate of drug-likeness (QED) is 0.379. The summed E-state index contributed by atoms with van der Waals surface area (Å²) in [5.41, 5.74) is 0. The van der Waals surface area contributed by atoms with Crippen molar-refractivity contribution in [2.24, 2.45) is 0 Å². The smallest absolute Gasteiger partial charge is 0.743 e. The molecule has 11 heteroatoms. The fourth-order valence-corrected chi connectivity index (χ4v) is 1.39. The van der Waals surface area contributed by atoms with Gasteiger partial charge in [-0.25, -0.2) is 8.42 Å². The summed E-state index contributed by atoms with van der Waals surface area (Å²) in [5, 5.41) is -6.35. The van der Waals surface area contributed by atoms with Crippen molar-refractivity contribution in [1.29, 1.82) is 0 Å². The minimum absolute atomic E-state index is 0. The molecule has 0 radical (unpaired) electrons. The van der Waals surface area contributed by atoms with Crippen LogP contribution in [0.25, 0.3) is 0 Å². The summed E-state index contributed by atoms with van der Waals surface area (Å²) in [6.45, 7) is 1.34. The zero-order valence-electron chi connectivity index (χ0n) is 9.52. The molecule has 0 bridgehead atoms. The fraction of sp³-hybridized carbons (Fsp3) is 1.00. The summed E-state index contributed by atoms with van der Waals surface area (Å²) < 4.78 is 106. The molecular formula is C7H9F6KO3S. The van der Waals surface area contributed by atoms with Crippen molar-refractivity contribution in [3.63, 3.8) is 0 Å². The molecule has 0 heterocycles. The van der Waals surface area contributed by atoms with Gasteiger partial charge in [0.1, 0.15) is 0 Å². The van der Waals surface area contributed by atoms with Crippen LogP contribution in [0.15, 0.2) is 0 Å². The van der Waals surface area contributed by atoms with E-state index in [4.69, 9.17) is 0 Å². The Kier molecular flexibility index (Phi) is 8.00. The van der Waals surface area contributed by atoms with Crippen LogP contribution < -0.4 is 51.4 Å². The van der Waals surface area contributed by atoms with Gasteiger partial charge < -0.3 is 4.55 Å². The van der Waals surface area contributed by atoms with Crippen LogP contribution >= 0.6 is 0 Å². The van der Waals surface area contributed by atoms with Crippen LogP contribution in [0.2, 0.25) is 0 Å². The number of halogens is 6. The molecule has 0 atom stereocenters. The van der Waals surface area contributed by atoms with Crippen LogP contribution in [0, 0.1) is 0 Å². The molecule has 0 aromatic carbocycles. The van der Waals surface area contributed by atoms with Crippen LogP contribution in [0.1, 0.15) is 26.2 Å². The molecule has 0 spiro atoms. The van der Waals surface area contributed by atoms with Crippen LogP contribution in [-0.2, 0) is 10.1 Å². The fourth-order valence-electron chi connectivity index (χ4n) is 0.926. The van der Waals surface area contributed by atoms with Crippen molar-refractivity contribution in [3.8, 4) is 0 Å². The number of unbranched alkanes of at least 4 members (excludes halogenated alkanes) is 1. The minimum atomic E-state index is -6.88. The van der Waals surface area contributed by atoms with Gasteiger partial charge in [0.2, 0.25) is 0 Å². The molecule has 104 valence electrons. The maximum Gasteiger partial charge on any atom is 1.00 e. The van der Waals surface area contributed by atoms with Gasteiger partial charge in [0.05, 0.1) is 0 Å². The van der Waals surface area contributed by atoms with Gasteiger partial charge in [0, 0.05) is 6.42 Å². The predicted octanol–water partition coefficient (Wildman–Crippen LogP) is -0.411. The third kappa shape index (κ3) is 4.06. The van der Waals surface area contributed by atoms with E-state index < -0.39 is 40.1 Å². The van der Waals surface area contributed by atoms with Crippen molar-refractivity contribution in [2.45, 2.75) is 43.3 Å². The van der Waals surface area contributed by atoms with E-state index in [2.05, 4.69) is 0 Å². The zero-order chi connectivity index (χ0) is 14.1. The van der Waals surface area contributed by atoms with Crippen LogP contribution in [0.4, 0.5) is 26.3 Å². The van der Waals surface area contributed by atoms with E-state index in [0.717, 1.165) is 0 Å². The number of hydrogen-bond donors (Lipinski definition) is 0. The van der Waals surface area contributed by atoms with Crippen LogP contribution in [-0.4, -0.2) is 30.1 Å². The Hall–Kier alpha value is 1.13. The molecule has 0 aliphatic rings. The molecule has 0 aliphatic carbocycles. The molecule has 0 amide bonds. The van der Waals surface area contributed by atoms with Gasteiger partial charge in [0.15, 0.2) is 10.1 Å². The van der Waals surface area contributed by atoms with Crippen molar-refractivity contribution in [3.05, 3.63) is 0 Å². The van der Waals surface area contributed by atoms with E-state index in [1.807, 2.05) is 0 Å². The monoisotopic (exact) mass is 326 g/mol. The molecule has 3 nitrogen and oxygen atoms in total. The van der Waals surface area contributed by atoms with E-state index in [-0.39, 0.29) is 57.8 Å². The Morgan fingerprint density at radius 3 is 1.72 bits per heavy atom. The predicted molar refractivity (Wildman–Crippen MR) is 44.1 cm³/mol. The van der Waals surface area contributed by atoms with Gasteiger partial charge in [-0.15, -0.1) is 0 Å². The van der Waals surface area contributed by atoms with Gasteiger partial charge in [-0.2, -0.15) is 26.3 Å². The molecule has 0 saturated carbocycles. The Morgan fingerprint density at radius 1 is 1.06 bits per heavy atom. The zero-order valence-corrected chi connectivity index (χ0v) is 13.5. The van der Waals surface area contributed by atoms with Crippen molar-refractivity contribution >= 4 is 10.1 Å². The second kappa shape index (κ2) is 6.72. The molecule has 18 heavy (non-hydrogen) atoms. The van der Waals surface area contributed by atoms with E-state index >= 15 is 0 Å². The Labute approximate surface area is 142 Å². The van der Waals surface area contributed by atoms with E-state index in [0.29, 0.717) is 0 Å². The Bertz CT molecular complexity index is 369. The van der Waals surface area contributed by atoms with Crippen LogP contribution in [0.3, 0.4) is 0 Å². The maximum absolute atomic E-state index is 12.8. The number of rotatable bonds is 6. The summed E-state index contributed by atoms with van der Waals surface area (Å²) >= 11 is 0. The second-order valence-electron chi connectivity index (χ2n) is 3.35. The molecule has 0 fully saturated rings. The third-order valence-corrected chi connectivity index (χ3v) is 2.87. The summed E-state index contributed by atoms with van der Waals surface area (Å²) in [7, 11) is -6.88. The molecule has 0 saturated heterocycles. The topological polar surface area (TPSA) is 57.2 Å². The third-order valence-electron chi connectivity index (χ3n) is 1.98. The molecule has 0 rings (SSSR count). The van der Waals surface area contributed by atoms with Gasteiger partial charge in [0.25, 0.3) is 0 Å². The average molecular weight is 326 g/mol. The summed E-state index contributed by atoms with van der Waals surface area (Å²) in [6.07, 6.45) is -2.14. The SMILES string of the molecule is CCCCC(F)(F)C(F)(F)C(F)(F)S(=O)(=O)[O-].[K+]. The van der Waals surface area contributed by atoms with Gasteiger partial charge >= 0.3 is 68.5 Å². The van der Waals surface area contributed by atoms with E-state index in [1.165, 1.54) is 6.92 Å². The van der Waals surface area contributed by atoms with Gasteiger partial charge in [-0.1, -0.05) is 13.3 Å². The molecule has 0 N–H and O–H groups in total. The molecule has 0 unspecified atom stereocenters. The standard InChI is InChI=1S/C7H10F6O3S.K/c1-2-3-4-5(8,9)6(10,11)7(12,13)17(14,15)16;/h2-4H2,1H3,(H,14,15,16);/q;+1/p-1. The van der Waals surface area contributed by atoms with Crippen molar-refractivity contribution in [1.82, 2.24) is 0 Å². The Balaban J connectivity index is 0. The van der Waals surface area contributed by atoms with Crippen molar-refractivity contribution in [2.75, 3.05) is 0 Å². The first-order valence-electron chi connectivity index (χ1n) is 4.40. The first-order valence-corrected chi connectivity index (χ1v) is 5.81. The molecule has 0 aromatic rings. The van der Waals surface area contributed by atoms with E-state index in [1.54, 1.807) is 0 Å². The summed E-state index contributed by atoms with van der Waals surface area (Å²) in [6, 6.07) is 0. The van der Waals surface area contributed by atoms with Crippen molar-refractivity contribution < 1.29 is 90.7 Å². The summed E-state index contributed by atoms with van der Waals surface area (Å²) in [5.74, 6) is -11.5. The van der Waals surface area contributed by atoms with Gasteiger partial charge in [-0.3, -0.25) is 0 Å². The normalized spacial score (nSPS) is 14.2. The second-order valence-corrected chi connectivity index (χ2v) is 4.77. The molecule has 0 aliphatic heterocycles. The largest absolute Gasteiger partial charge is 1.00 e. The number of alkyl halides is 6. The van der Waals surface area contributed by atoms with Crippen LogP contribution in [0.5, 0.6) is 0 Å². The first-order chi connectivity index (χ1) is 7.31. The average Bonchev–Trinajstić information content (AvgIpc) is 2.12. The Morgan fingerprint density at radius 2 is 1.44 bits per heavy atom. The first kappa shape index (κ1) is 21.4. The maximum atomic E-state index is 12.8. The minimum Gasteiger partial charge on any atom is -0.743 e. The summed E-state index contributed by atoms with van der Waals surface area (Å²) in [4.78, 5) is 0. The number of hydrogen-bond acceptors (Lipinski definition) is 3. The van der Waals surface area contributed by atoms with Gasteiger partial charge in [-0.05, 0) is 6.42 Å².